The van der Waals surface area contributed by atoms with Crippen LogP contribution in [0.15, 0.2) is 28.9 Å². The molecule has 0 aliphatic heterocycles. The number of rotatable bonds is 0. The highest BCUT2D eigenvalue weighted by atomic mass is 79.9. The fourth-order valence-corrected chi connectivity index (χ4v) is 1.71. The molecule has 2 aromatic rings. The molecule has 2 heterocycles. The first-order valence-corrected chi connectivity index (χ1v) is 4.50. The number of halogens is 1. The fraction of sp³-hybridized carbons (Fsp3) is 0.111. The Bertz CT molecular complexity index is 431. The Balaban J connectivity index is 2.90. The number of hydrogen-bond acceptors (Lipinski definition) is 1. The van der Waals surface area contributed by atoms with E-state index in [9.17, 15) is 0 Å². The van der Waals surface area contributed by atoms with Crippen LogP contribution < -0.4 is 5.73 Å². The largest absolute Gasteiger partial charge is 0.397 e. The summed E-state index contributed by atoms with van der Waals surface area (Å²) in [6, 6.07) is 5.99. The zero-order valence-corrected chi connectivity index (χ0v) is 8.30. The molecule has 0 aromatic carbocycles. The molecule has 12 heavy (non-hydrogen) atoms. The van der Waals surface area contributed by atoms with Crippen LogP contribution >= 0.6 is 15.9 Å². The topological polar surface area (TPSA) is 30.4 Å². The molecule has 0 atom stereocenters. The van der Waals surface area contributed by atoms with E-state index in [0.717, 1.165) is 21.4 Å². The van der Waals surface area contributed by atoms with Crippen LogP contribution in [-0.2, 0) is 0 Å². The number of pyridine rings is 1. The van der Waals surface area contributed by atoms with Crippen molar-refractivity contribution in [1.82, 2.24) is 4.40 Å². The summed E-state index contributed by atoms with van der Waals surface area (Å²) in [5, 5.41) is 0. The fourth-order valence-electron chi connectivity index (χ4n) is 1.37. The van der Waals surface area contributed by atoms with Gasteiger partial charge in [-0.25, -0.2) is 0 Å². The Morgan fingerprint density at radius 3 is 2.92 bits per heavy atom. The Morgan fingerprint density at radius 1 is 1.42 bits per heavy atom. The molecule has 2 aromatic heterocycles. The molecule has 2 N–H and O–H groups in total. The van der Waals surface area contributed by atoms with Gasteiger partial charge in [-0.15, -0.1) is 0 Å². The number of nitrogen functional groups attached to an aromatic ring is 1. The van der Waals surface area contributed by atoms with Crippen molar-refractivity contribution in [3.05, 3.63) is 34.6 Å². The zero-order chi connectivity index (χ0) is 8.72. The monoisotopic (exact) mass is 224 g/mol. The van der Waals surface area contributed by atoms with E-state index < -0.39 is 0 Å². The van der Waals surface area contributed by atoms with Gasteiger partial charge in [0.15, 0.2) is 0 Å². The van der Waals surface area contributed by atoms with Gasteiger partial charge >= 0.3 is 0 Å². The highest BCUT2D eigenvalue weighted by Crippen LogP contribution is 2.21. The summed E-state index contributed by atoms with van der Waals surface area (Å²) < 4.78 is 3.12. The molecule has 62 valence electrons. The molecule has 0 aliphatic carbocycles. The average molecular weight is 225 g/mol. The van der Waals surface area contributed by atoms with E-state index in [4.69, 9.17) is 5.73 Å². The Kier molecular flexibility index (Phi) is 1.61. The summed E-state index contributed by atoms with van der Waals surface area (Å²) in [6.07, 6.45) is 2.01. The number of aromatic nitrogens is 1. The predicted octanol–water partition coefficient (Wildman–Crippen LogP) is 2.59. The van der Waals surface area contributed by atoms with Crippen LogP contribution in [0.3, 0.4) is 0 Å². The van der Waals surface area contributed by atoms with Gasteiger partial charge in [-0.05, 0) is 25.1 Å². The van der Waals surface area contributed by atoms with Crippen LogP contribution in [0.2, 0.25) is 0 Å². The number of aryl methyl sites for hydroxylation is 1. The van der Waals surface area contributed by atoms with Gasteiger partial charge in [0.2, 0.25) is 0 Å². The van der Waals surface area contributed by atoms with E-state index in [0.29, 0.717) is 0 Å². The molecular formula is C9H9BrN2. The van der Waals surface area contributed by atoms with Gasteiger partial charge < -0.3 is 10.1 Å². The number of fused-ring (bicyclic) bond motifs is 1. The van der Waals surface area contributed by atoms with Crippen LogP contribution in [0.1, 0.15) is 5.69 Å². The van der Waals surface area contributed by atoms with Crippen molar-refractivity contribution in [2.45, 2.75) is 6.92 Å². The average Bonchev–Trinajstić information content (AvgIpc) is 2.28. The Labute approximate surface area is 79.1 Å². The van der Waals surface area contributed by atoms with E-state index in [1.807, 2.05) is 31.3 Å². The lowest BCUT2D eigenvalue weighted by Gasteiger charge is -1.97. The summed E-state index contributed by atoms with van der Waals surface area (Å²) in [7, 11) is 0. The van der Waals surface area contributed by atoms with Gasteiger partial charge in [0, 0.05) is 16.4 Å². The normalized spacial score (nSPS) is 10.8. The van der Waals surface area contributed by atoms with Gasteiger partial charge in [0.25, 0.3) is 0 Å². The van der Waals surface area contributed by atoms with Gasteiger partial charge in [-0.2, -0.15) is 0 Å². The summed E-state index contributed by atoms with van der Waals surface area (Å²) in [6.45, 7) is 2.04. The molecule has 3 heteroatoms. The molecule has 0 bridgehead atoms. The van der Waals surface area contributed by atoms with Crippen molar-refractivity contribution in [3.8, 4) is 0 Å². The molecule has 0 amide bonds. The van der Waals surface area contributed by atoms with Crippen molar-refractivity contribution in [2.24, 2.45) is 0 Å². The first-order chi connectivity index (χ1) is 5.68. The second-order valence-electron chi connectivity index (χ2n) is 2.84. The van der Waals surface area contributed by atoms with Crippen LogP contribution in [0.5, 0.6) is 0 Å². The highest BCUT2D eigenvalue weighted by Gasteiger charge is 2.01. The SMILES string of the molecule is Cc1cc(N)c2cc(Br)ccn12. The minimum Gasteiger partial charge on any atom is -0.397 e. The van der Waals surface area contributed by atoms with Crippen molar-refractivity contribution < 1.29 is 0 Å². The van der Waals surface area contributed by atoms with E-state index >= 15 is 0 Å². The van der Waals surface area contributed by atoms with Crippen LogP contribution in [0.4, 0.5) is 5.69 Å². The van der Waals surface area contributed by atoms with Gasteiger partial charge in [-0.3, -0.25) is 0 Å². The summed E-state index contributed by atoms with van der Waals surface area (Å²) in [5.41, 5.74) is 8.85. The molecule has 0 spiro atoms. The van der Waals surface area contributed by atoms with Crippen LogP contribution in [0.25, 0.3) is 5.52 Å². The van der Waals surface area contributed by atoms with Gasteiger partial charge in [0.1, 0.15) is 0 Å². The third-order valence-corrected chi connectivity index (χ3v) is 2.45. The zero-order valence-electron chi connectivity index (χ0n) is 6.71. The first-order valence-electron chi connectivity index (χ1n) is 3.71. The van der Waals surface area contributed by atoms with Crippen molar-refractivity contribution in [2.75, 3.05) is 5.73 Å². The molecule has 2 nitrogen and oxygen atoms in total. The molecular weight excluding hydrogens is 216 g/mol. The third kappa shape index (κ3) is 1.01. The van der Waals surface area contributed by atoms with Gasteiger partial charge in [0.05, 0.1) is 11.2 Å². The van der Waals surface area contributed by atoms with Gasteiger partial charge in [-0.1, -0.05) is 15.9 Å². The second kappa shape index (κ2) is 2.52. The smallest absolute Gasteiger partial charge is 0.0694 e. The minimum atomic E-state index is 0.828. The number of nitrogens with zero attached hydrogens (tertiary/aromatic N) is 1. The summed E-state index contributed by atoms with van der Waals surface area (Å²) >= 11 is 3.41. The molecule has 0 saturated heterocycles. The van der Waals surface area contributed by atoms with Crippen LogP contribution in [-0.4, -0.2) is 4.40 Å². The maximum Gasteiger partial charge on any atom is 0.0694 e. The number of anilines is 1. The van der Waals surface area contributed by atoms with Crippen LogP contribution in [0, 0.1) is 6.92 Å². The van der Waals surface area contributed by atoms with E-state index in [2.05, 4.69) is 20.3 Å². The first kappa shape index (κ1) is 7.68. The maximum absolute atomic E-state index is 5.80. The number of nitrogens with two attached hydrogens (primary N) is 1. The Hall–Kier alpha value is -0.960. The van der Waals surface area contributed by atoms with Crippen molar-refractivity contribution in [1.29, 1.82) is 0 Å². The highest BCUT2D eigenvalue weighted by molar-refractivity contribution is 9.10. The molecule has 0 saturated carbocycles. The quantitative estimate of drug-likeness (QED) is 0.733. The maximum atomic E-state index is 5.80. The van der Waals surface area contributed by atoms with Crippen molar-refractivity contribution in [3.63, 3.8) is 0 Å². The van der Waals surface area contributed by atoms with E-state index in [1.165, 1.54) is 0 Å². The standard InChI is InChI=1S/C9H9BrN2/c1-6-4-8(11)9-5-7(10)2-3-12(6)9/h2-5H,11H2,1H3. The second-order valence-corrected chi connectivity index (χ2v) is 3.76. The Morgan fingerprint density at radius 2 is 2.17 bits per heavy atom. The third-order valence-electron chi connectivity index (χ3n) is 1.96. The predicted molar refractivity (Wildman–Crippen MR) is 54.2 cm³/mol. The minimum absolute atomic E-state index is 0.828. The molecule has 2 rings (SSSR count). The van der Waals surface area contributed by atoms with E-state index in [1.54, 1.807) is 0 Å². The lowest BCUT2D eigenvalue weighted by atomic mass is 10.4. The van der Waals surface area contributed by atoms with E-state index in [-0.39, 0.29) is 0 Å². The summed E-state index contributed by atoms with van der Waals surface area (Å²) in [4.78, 5) is 0. The summed E-state index contributed by atoms with van der Waals surface area (Å²) in [5.74, 6) is 0. The van der Waals surface area contributed by atoms with Crippen molar-refractivity contribution >= 4 is 27.1 Å². The molecule has 0 aliphatic rings. The molecule has 0 fully saturated rings. The lowest BCUT2D eigenvalue weighted by molar-refractivity contribution is 1.11. The number of hydrogen-bond donors (Lipinski definition) is 1. The molecule has 0 unspecified atom stereocenters. The lowest BCUT2D eigenvalue weighted by Crippen LogP contribution is -1.86. The molecule has 0 radical (unpaired) electrons.